The van der Waals surface area contributed by atoms with Crippen LogP contribution in [0.15, 0.2) is 23.4 Å². The minimum Gasteiger partial charge on any atom is -0.411 e. The highest BCUT2D eigenvalue weighted by atomic mass is 16.4. The van der Waals surface area contributed by atoms with E-state index in [1.807, 2.05) is 0 Å². The van der Waals surface area contributed by atoms with Gasteiger partial charge in [-0.1, -0.05) is 17.3 Å². The highest BCUT2D eigenvalue weighted by Crippen LogP contribution is 2.16. The molecule has 0 aromatic heterocycles. The van der Waals surface area contributed by atoms with Crippen molar-refractivity contribution < 1.29 is 19.9 Å². The van der Waals surface area contributed by atoms with E-state index in [0.717, 1.165) is 13.3 Å². The Morgan fingerprint density at radius 2 is 2.06 bits per heavy atom. The number of nitrogens with zero attached hydrogens (tertiary/aromatic N) is 1. The van der Waals surface area contributed by atoms with Gasteiger partial charge in [0.25, 0.3) is 5.91 Å². The highest BCUT2D eigenvalue weighted by Gasteiger charge is 2.05. The van der Waals surface area contributed by atoms with Crippen molar-refractivity contribution in [2.24, 2.45) is 5.16 Å². The first-order chi connectivity index (χ1) is 8.19. The van der Waals surface area contributed by atoms with Gasteiger partial charge < -0.3 is 15.6 Å². The zero-order chi connectivity index (χ0) is 13.3. The second-order valence-corrected chi connectivity index (χ2v) is 2.87. The summed E-state index contributed by atoms with van der Waals surface area (Å²) in [6.45, 7) is 1.72. The Bertz CT molecular complexity index is 416. The van der Waals surface area contributed by atoms with Crippen molar-refractivity contribution >= 4 is 24.1 Å². The molecule has 0 aliphatic rings. The predicted octanol–water partition coefficient (Wildman–Crippen LogP) is 0.815. The van der Waals surface area contributed by atoms with Gasteiger partial charge in [-0.25, -0.2) is 0 Å². The topological polar surface area (TPSA) is 99.0 Å². The fraction of sp³-hybridized carbons (Fsp3) is 0.182. The fourth-order valence-electron chi connectivity index (χ4n) is 1.13. The number of amides is 1. The molecule has 0 atom stereocenters. The smallest absolute Gasteiger partial charge is 0.270 e. The number of aldehydes is 1. The summed E-state index contributed by atoms with van der Waals surface area (Å²) in [4.78, 5) is 21.7. The van der Waals surface area contributed by atoms with E-state index in [4.69, 9.17) is 10.3 Å². The number of aliphatic hydroxyl groups excluding tert-OH is 1. The second kappa shape index (κ2) is 8.00. The molecule has 6 nitrogen and oxygen atoms in total. The number of rotatable bonds is 3. The summed E-state index contributed by atoms with van der Waals surface area (Å²) in [6.07, 6.45) is 1.46. The van der Waals surface area contributed by atoms with Gasteiger partial charge in [-0.2, -0.15) is 0 Å². The molecule has 0 heterocycles. The van der Waals surface area contributed by atoms with E-state index in [2.05, 4.69) is 10.5 Å². The first kappa shape index (κ1) is 14.8. The molecule has 3 N–H and O–H groups in total. The molecule has 1 amide bonds. The molecule has 6 heteroatoms. The van der Waals surface area contributed by atoms with E-state index in [-0.39, 0.29) is 0 Å². The number of carbonyl (C=O) groups excluding carboxylic acids is 2. The van der Waals surface area contributed by atoms with Gasteiger partial charge in [0, 0.05) is 18.4 Å². The summed E-state index contributed by atoms with van der Waals surface area (Å²) < 4.78 is 0. The van der Waals surface area contributed by atoms with Gasteiger partial charge in [0.05, 0.1) is 0 Å². The molecular weight excluding hydrogens is 224 g/mol. The van der Waals surface area contributed by atoms with E-state index in [1.54, 1.807) is 25.1 Å². The third-order valence-electron chi connectivity index (χ3n) is 1.94. The lowest BCUT2D eigenvalue weighted by atomic mass is 10.1. The molecule has 0 spiro atoms. The number of benzene rings is 1. The van der Waals surface area contributed by atoms with Crippen LogP contribution in [0.2, 0.25) is 0 Å². The number of aliphatic hydroxyl groups is 1. The maximum absolute atomic E-state index is 11.1. The standard InChI is InChI=1S/C10H10N2O3.CH4O/c1-7-8(6-13)3-2-4-9(7)12-10(14)5-11-15;1-2/h2-6,15H,1H3,(H,12,14);2H,1H3/b11-5-;. The number of hydrogen-bond acceptors (Lipinski definition) is 5. The molecule has 0 aliphatic heterocycles. The van der Waals surface area contributed by atoms with Gasteiger partial charge in [0.1, 0.15) is 12.5 Å². The molecule has 1 rings (SSSR count). The first-order valence-electron chi connectivity index (χ1n) is 4.67. The SMILES string of the molecule is CO.Cc1c(C=O)cccc1NC(=O)/C=N\O. The minimum atomic E-state index is -0.552. The van der Waals surface area contributed by atoms with Gasteiger partial charge >= 0.3 is 0 Å². The molecule has 1 aromatic rings. The van der Waals surface area contributed by atoms with Crippen molar-refractivity contribution in [1.82, 2.24) is 0 Å². The van der Waals surface area contributed by atoms with Gasteiger partial charge in [0.2, 0.25) is 0 Å². The lowest BCUT2D eigenvalue weighted by Crippen LogP contribution is -2.13. The van der Waals surface area contributed by atoms with Gasteiger partial charge in [0.15, 0.2) is 0 Å². The quantitative estimate of drug-likeness (QED) is 0.314. The van der Waals surface area contributed by atoms with Crippen LogP contribution < -0.4 is 5.32 Å². The van der Waals surface area contributed by atoms with Crippen molar-refractivity contribution in [3.8, 4) is 0 Å². The normalized spacial score (nSPS) is 9.35. The Kier molecular flexibility index (Phi) is 6.96. The van der Waals surface area contributed by atoms with Crippen LogP contribution in [0.25, 0.3) is 0 Å². The van der Waals surface area contributed by atoms with E-state index >= 15 is 0 Å². The van der Waals surface area contributed by atoms with Crippen LogP contribution in [0.1, 0.15) is 15.9 Å². The molecule has 92 valence electrons. The average molecular weight is 238 g/mol. The Morgan fingerprint density at radius 1 is 1.41 bits per heavy atom. The molecule has 0 aliphatic carbocycles. The van der Waals surface area contributed by atoms with Crippen LogP contribution in [0, 0.1) is 6.92 Å². The molecule has 0 bridgehead atoms. The Balaban J connectivity index is 0.00000121. The maximum Gasteiger partial charge on any atom is 0.270 e. The Labute approximate surface area is 98.6 Å². The van der Waals surface area contributed by atoms with Crippen molar-refractivity contribution in [2.75, 3.05) is 12.4 Å². The molecular formula is C11H14N2O4. The third kappa shape index (κ3) is 4.43. The summed E-state index contributed by atoms with van der Waals surface area (Å²) in [7, 11) is 1.00. The van der Waals surface area contributed by atoms with Crippen LogP contribution >= 0.6 is 0 Å². The van der Waals surface area contributed by atoms with E-state index in [1.165, 1.54) is 0 Å². The molecule has 17 heavy (non-hydrogen) atoms. The van der Waals surface area contributed by atoms with E-state index < -0.39 is 5.91 Å². The average Bonchev–Trinajstić information content (AvgIpc) is 2.35. The number of hydrogen-bond donors (Lipinski definition) is 3. The fourth-order valence-corrected chi connectivity index (χ4v) is 1.13. The molecule has 0 fully saturated rings. The predicted molar refractivity (Wildman–Crippen MR) is 63.6 cm³/mol. The van der Waals surface area contributed by atoms with Gasteiger partial charge in [-0.05, 0) is 18.6 Å². The van der Waals surface area contributed by atoms with Crippen molar-refractivity contribution in [3.63, 3.8) is 0 Å². The minimum absolute atomic E-state index is 0.508. The third-order valence-corrected chi connectivity index (χ3v) is 1.94. The lowest BCUT2D eigenvalue weighted by molar-refractivity contribution is -0.110. The van der Waals surface area contributed by atoms with Crippen molar-refractivity contribution in [3.05, 3.63) is 29.3 Å². The van der Waals surface area contributed by atoms with Crippen LogP contribution in [0.4, 0.5) is 5.69 Å². The monoisotopic (exact) mass is 238 g/mol. The highest BCUT2D eigenvalue weighted by molar-refractivity contribution is 6.31. The summed E-state index contributed by atoms with van der Waals surface area (Å²) in [5, 5.41) is 20.2. The second-order valence-electron chi connectivity index (χ2n) is 2.87. The summed E-state index contributed by atoms with van der Waals surface area (Å²) in [6, 6.07) is 4.96. The maximum atomic E-state index is 11.1. The van der Waals surface area contributed by atoms with Gasteiger partial charge in [-0.3, -0.25) is 9.59 Å². The zero-order valence-electron chi connectivity index (χ0n) is 9.54. The number of carbonyl (C=O) groups is 2. The first-order valence-corrected chi connectivity index (χ1v) is 4.67. The number of anilines is 1. The van der Waals surface area contributed by atoms with E-state index in [0.29, 0.717) is 23.1 Å². The Morgan fingerprint density at radius 3 is 2.59 bits per heavy atom. The number of nitrogens with one attached hydrogen (secondary N) is 1. The molecule has 0 unspecified atom stereocenters. The summed E-state index contributed by atoms with van der Waals surface area (Å²) >= 11 is 0. The van der Waals surface area contributed by atoms with Crippen LogP contribution in [-0.2, 0) is 4.79 Å². The summed E-state index contributed by atoms with van der Waals surface area (Å²) in [5.74, 6) is -0.552. The van der Waals surface area contributed by atoms with Crippen molar-refractivity contribution in [2.45, 2.75) is 6.92 Å². The molecule has 0 saturated carbocycles. The number of oxime groups is 1. The largest absolute Gasteiger partial charge is 0.411 e. The van der Waals surface area contributed by atoms with Gasteiger partial charge in [-0.15, -0.1) is 0 Å². The van der Waals surface area contributed by atoms with Crippen LogP contribution in [0.3, 0.4) is 0 Å². The molecule has 0 radical (unpaired) electrons. The summed E-state index contributed by atoms with van der Waals surface area (Å²) in [5.41, 5.74) is 1.70. The van der Waals surface area contributed by atoms with E-state index in [9.17, 15) is 9.59 Å². The Hall–Kier alpha value is -2.21. The van der Waals surface area contributed by atoms with Crippen LogP contribution in [-0.4, -0.2) is 35.8 Å². The zero-order valence-corrected chi connectivity index (χ0v) is 9.54. The molecule has 0 saturated heterocycles. The van der Waals surface area contributed by atoms with Crippen LogP contribution in [0.5, 0.6) is 0 Å². The lowest BCUT2D eigenvalue weighted by Gasteiger charge is -2.07. The molecule has 1 aromatic carbocycles. The van der Waals surface area contributed by atoms with Crippen molar-refractivity contribution in [1.29, 1.82) is 0 Å².